The molecule has 0 heterocycles. The Labute approximate surface area is 98.8 Å². The molecule has 0 saturated heterocycles. The van der Waals surface area contributed by atoms with E-state index in [0.29, 0.717) is 16.8 Å². The first-order chi connectivity index (χ1) is 7.56. The first-order valence-electron chi connectivity index (χ1n) is 4.81. The molecule has 3 N–H and O–H groups in total. The highest BCUT2D eigenvalue weighted by molar-refractivity contribution is 6.19. The van der Waals surface area contributed by atoms with Crippen LogP contribution in [0, 0.1) is 6.92 Å². The zero-order valence-corrected chi connectivity index (χ0v) is 9.67. The molecule has 5 heteroatoms. The summed E-state index contributed by atoms with van der Waals surface area (Å²) in [6.07, 6.45) is 0.238. The van der Waals surface area contributed by atoms with Crippen LogP contribution in [-0.2, 0) is 4.79 Å². The van der Waals surface area contributed by atoms with Crippen LogP contribution in [0.5, 0.6) is 0 Å². The summed E-state index contributed by atoms with van der Waals surface area (Å²) in [5.74, 6) is -0.425. The van der Waals surface area contributed by atoms with Crippen LogP contribution in [0.1, 0.15) is 22.3 Å². The monoisotopic (exact) mass is 240 g/mol. The zero-order valence-electron chi connectivity index (χ0n) is 8.92. The maximum Gasteiger partial charge on any atom is 0.249 e. The van der Waals surface area contributed by atoms with Crippen molar-refractivity contribution >= 4 is 29.1 Å². The van der Waals surface area contributed by atoms with E-state index in [1.807, 2.05) is 0 Å². The van der Waals surface area contributed by atoms with Crippen molar-refractivity contribution in [2.75, 3.05) is 11.2 Å². The fourth-order valence-electron chi connectivity index (χ4n) is 1.34. The first kappa shape index (κ1) is 12.5. The lowest BCUT2D eigenvalue weighted by molar-refractivity contribution is -0.115. The number of rotatable bonds is 4. The summed E-state index contributed by atoms with van der Waals surface area (Å²) < 4.78 is 0. The van der Waals surface area contributed by atoms with Gasteiger partial charge in [-0.1, -0.05) is 6.07 Å². The molecule has 0 aliphatic carbocycles. The number of halogens is 1. The summed E-state index contributed by atoms with van der Waals surface area (Å²) in [6, 6.07) is 5.01. The number of anilines is 1. The molecule has 0 bridgehead atoms. The number of hydrogen-bond acceptors (Lipinski definition) is 2. The van der Waals surface area contributed by atoms with Crippen LogP contribution in [0.2, 0.25) is 0 Å². The third-order valence-electron chi connectivity index (χ3n) is 2.19. The van der Waals surface area contributed by atoms with E-state index >= 15 is 0 Å². The molecular weight excluding hydrogens is 228 g/mol. The minimum absolute atomic E-state index is 0.181. The largest absolute Gasteiger partial charge is 0.366 e. The van der Waals surface area contributed by atoms with E-state index in [1.165, 1.54) is 0 Å². The van der Waals surface area contributed by atoms with E-state index in [0.717, 1.165) is 0 Å². The average Bonchev–Trinajstić information content (AvgIpc) is 2.21. The van der Waals surface area contributed by atoms with Crippen LogP contribution in [0.4, 0.5) is 5.69 Å². The van der Waals surface area contributed by atoms with Gasteiger partial charge in [-0.25, -0.2) is 0 Å². The second-order valence-corrected chi connectivity index (χ2v) is 3.71. The van der Waals surface area contributed by atoms with Gasteiger partial charge in [0.1, 0.15) is 0 Å². The molecule has 0 radical (unpaired) electrons. The first-order valence-corrected chi connectivity index (χ1v) is 5.35. The Morgan fingerprint density at radius 1 is 1.44 bits per heavy atom. The second-order valence-electron chi connectivity index (χ2n) is 3.33. The van der Waals surface area contributed by atoms with E-state index in [-0.39, 0.29) is 18.2 Å². The van der Waals surface area contributed by atoms with Gasteiger partial charge in [-0.2, -0.15) is 0 Å². The van der Waals surface area contributed by atoms with Crippen LogP contribution in [0.3, 0.4) is 0 Å². The van der Waals surface area contributed by atoms with Gasteiger partial charge >= 0.3 is 0 Å². The van der Waals surface area contributed by atoms with E-state index < -0.39 is 5.91 Å². The molecular formula is C11H13ClN2O2. The van der Waals surface area contributed by atoms with Crippen molar-refractivity contribution in [3.63, 3.8) is 0 Å². The summed E-state index contributed by atoms with van der Waals surface area (Å²) in [5.41, 5.74) is 6.86. The molecule has 1 aromatic carbocycles. The minimum atomic E-state index is -0.508. The quantitative estimate of drug-likeness (QED) is 0.786. The molecule has 0 aromatic heterocycles. The number of amides is 2. The average molecular weight is 241 g/mol. The van der Waals surface area contributed by atoms with Gasteiger partial charge in [0.15, 0.2) is 0 Å². The summed E-state index contributed by atoms with van der Waals surface area (Å²) in [4.78, 5) is 22.4. The van der Waals surface area contributed by atoms with Gasteiger partial charge in [-0.15, -0.1) is 11.6 Å². The van der Waals surface area contributed by atoms with Gasteiger partial charge in [-0.05, 0) is 24.6 Å². The second kappa shape index (κ2) is 5.51. The van der Waals surface area contributed by atoms with Crippen LogP contribution in [-0.4, -0.2) is 17.7 Å². The lowest BCUT2D eigenvalue weighted by atomic mass is 10.1. The lowest BCUT2D eigenvalue weighted by Crippen LogP contribution is -2.16. The van der Waals surface area contributed by atoms with Crippen molar-refractivity contribution in [2.24, 2.45) is 5.73 Å². The number of nitrogens with two attached hydrogens (primary N) is 1. The van der Waals surface area contributed by atoms with Gasteiger partial charge in [0.2, 0.25) is 11.8 Å². The number of benzene rings is 1. The molecule has 86 valence electrons. The maximum absolute atomic E-state index is 11.3. The van der Waals surface area contributed by atoms with E-state index in [9.17, 15) is 9.59 Å². The van der Waals surface area contributed by atoms with Crippen LogP contribution >= 0.6 is 11.6 Å². The van der Waals surface area contributed by atoms with Crippen LogP contribution in [0.15, 0.2) is 18.2 Å². The Hall–Kier alpha value is -1.55. The molecule has 0 aliphatic rings. The van der Waals surface area contributed by atoms with E-state index in [1.54, 1.807) is 25.1 Å². The highest BCUT2D eigenvalue weighted by Crippen LogP contribution is 2.18. The summed E-state index contributed by atoms with van der Waals surface area (Å²) in [6.45, 7) is 1.73. The fraction of sp³-hybridized carbons (Fsp3) is 0.273. The molecule has 0 aliphatic heterocycles. The third-order valence-corrected chi connectivity index (χ3v) is 2.38. The number of alkyl halides is 1. The van der Waals surface area contributed by atoms with Crippen molar-refractivity contribution in [3.05, 3.63) is 29.3 Å². The topological polar surface area (TPSA) is 72.2 Å². The fourth-order valence-corrected chi connectivity index (χ4v) is 1.51. The number of carbonyl (C=O) groups excluding carboxylic acids is 2. The summed E-state index contributed by atoms with van der Waals surface area (Å²) in [7, 11) is 0. The van der Waals surface area contributed by atoms with Gasteiger partial charge in [-0.3, -0.25) is 9.59 Å². The van der Waals surface area contributed by atoms with E-state index in [4.69, 9.17) is 17.3 Å². The Kier molecular flexibility index (Phi) is 4.31. The molecule has 4 nitrogen and oxygen atoms in total. The molecule has 1 rings (SSSR count). The molecule has 16 heavy (non-hydrogen) atoms. The normalized spacial score (nSPS) is 9.88. The van der Waals surface area contributed by atoms with E-state index in [2.05, 4.69) is 5.32 Å². The summed E-state index contributed by atoms with van der Waals surface area (Å²) in [5, 5.41) is 2.68. The van der Waals surface area contributed by atoms with Crippen molar-refractivity contribution < 1.29 is 9.59 Å². The maximum atomic E-state index is 11.3. The molecule has 0 spiro atoms. The van der Waals surface area contributed by atoms with Crippen molar-refractivity contribution in [1.29, 1.82) is 0 Å². The smallest absolute Gasteiger partial charge is 0.249 e. The number of carbonyl (C=O) groups is 2. The van der Waals surface area contributed by atoms with Crippen molar-refractivity contribution in [1.82, 2.24) is 0 Å². The summed E-state index contributed by atoms with van der Waals surface area (Å²) >= 11 is 5.45. The Morgan fingerprint density at radius 3 is 2.69 bits per heavy atom. The predicted molar refractivity (Wildman–Crippen MR) is 63.7 cm³/mol. The Bertz CT molecular complexity index is 418. The highest BCUT2D eigenvalue weighted by Gasteiger charge is 2.10. The van der Waals surface area contributed by atoms with Gasteiger partial charge in [0, 0.05) is 23.6 Å². The standard InChI is InChI=1S/C11H13ClN2O2/c1-7-8(11(13)16)3-2-4-9(7)14-10(15)5-6-12/h2-4H,5-6H2,1H3,(H2,13,16)(H,14,15). The van der Waals surface area contributed by atoms with Gasteiger partial charge in [0.05, 0.1) is 0 Å². The molecule has 0 saturated carbocycles. The highest BCUT2D eigenvalue weighted by atomic mass is 35.5. The molecule has 0 fully saturated rings. The molecule has 1 aromatic rings. The zero-order chi connectivity index (χ0) is 12.1. The number of hydrogen-bond donors (Lipinski definition) is 2. The third kappa shape index (κ3) is 2.97. The Morgan fingerprint density at radius 2 is 2.12 bits per heavy atom. The van der Waals surface area contributed by atoms with Gasteiger partial charge < -0.3 is 11.1 Å². The Balaban J connectivity index is 2.93. The number of primary amides is 1. The van der Waals surface area contributed by atoms with Crippen LogP contribution in [0.25, 0.3) is 0 Å². The molecule has 0 atom stereocenters. The molecule has 2 amide bonds. The van der Waals surface area contributed by atoms with Crippen LogP contribution < -0.4 is 11.1 Å². The predicted octanol–water partition coefficient (Wildman–Crippen LogP) is 1.66. The van der Waals surface area contributed by atoms with Gasteiger partial charge in [0.25, 0.3) is 0 Å². The van der Waals surface area contributed by atoms with Crippen molar-refractivity contribution in [2.45, 2.75) is 13.3 Å². The minimum Gasteiger partial charge on any atom is -0.366 e. The SMILES string of the molecule is Cc1c(NC(=O)CCCl)cccc1C(N)=O. The lowest BCUT2D eigenvalue weighted by Gasteiger charge is -2.10. The number of nitrogens with one attached hydrogen (secondary N) is 1. The van der Waals surface area contributed by atoms with Crippen molar-refractivity contribution in [3.8, 4) is 0 Å². The molecule has 0 unspecified atom stereocenters.